The summed E-state index contributed by atoms with van der Waals surface area (Å²) < 4.78 is 5.26. The zero-order chi connectivity index (χ0) is 12.7. The molecule has 3 amide bonds. The van der Waals surface area contributed by atoms with Gasteiger partial charge in [0.2, 0.25) is 5.91 Å². The normalized spacial score (nSPS) is 27.1. The molecule has 3 rings (SSSR count). The zero-order valence-corrected chi connectivity index (χ0v) is 10.1. The van der Waals surface area contributed by atoms with Gasteiger partial charge in [0.05, 0.1) is 30.9 Å². The minimum Gasteiger partial charge on any atom is -0.378 e. The van der Waals surface area contributed by atoms with Crippen LogP contribution in [0.4, 0.5) is 10.5 Å². The summed E-state index contributed by atoms with van der Waals surface area (Å²) in [5.41, 5.74) is 1.63. The van der Waals surface area contributed by atoms with Crippen molar-refractivity contribution in [1.82, 2.24) is 5.32 Å². The van der Waals surface area contributed by atoms with E-state index in [0.29, 0.717) is 18.9 Å². The highest BCUT2D eigenvalue weighted by atomic mass is 16.5. The van der Waals surface area contributed by atoms with Crippen LogP contribution < -0.4 is 10.2 Å². The SMILES string of the molecule is Cc1cccc(N2C(=O)NC3COCC3C2=O)c1. The fourth-order valence-corrected chi connectivity index (χ4v) is 2.44. The minimum atomic E-state index is -0.364. The van der Waals surface area contributed by atoms with E-state index in [2.05, 4.69) is 5.32 Å². The molecular weight excluding hydrogens is 232 g/mol. The monoisotopic (exact) mass is 246 g/mol. The van der Waals surface area contributed by atoms with Gasteiger partial charge in [-0.25, -0.2) is 9.69 Å². The molecule has 0 spiro atoms. The van der Waals surface area contributed by atoms with Gasteiger partial charge in [0.25, 0.3) is 0 Å². The summed E-state index contributed by atoms with van der Waals surface area (Å²) in [5.74, 6) is -0.435. The van der Waals surface area contributed by atoms with E-state index in [1.165, 1.54) is 4.90 Å². The minimum absolute atomic E-state index is 0.174. The molecule has 5 heteroatoms. The topological polar surface area (TPSA) is 58.6 Å². The Kier molecular flexibility index (Phi) is 2.56. The van der Waals surface area contributed by atoms with E-state index in [1.807, 2.05) is 25.1 Å². The van der Waals surface area contributed by atoms with Crippen molar-refractivity contribution in [2.45, 2.75) is 13.0 Å². The van der Waals surface area contributed by atoms with E-state index in [9.17, 15) is 9.59 Å². The number of hydrogen-bond donors (Lipinski definition) is 1. The van der Waals surface area contributed by atoms with Crippen LogP contribution >= 0.6 is 0 Å². The molecule has 0 saturated carbocycles. The number of benzene rings is 1. The van der Waals surface area contributed by atoms with Crippen LogP contribution in [-0.2, 0) is 9.53 Å². The van der Waals surface area contributed by atoms with Gasteiger partial charge in [-0.2, -0.15) is 0 Å². The molecule has 0 bridgehead atoms. The molecule has 0 aromatic heterocycles. The van der Waals surface area contributed by atoms with Crippen LogP contribution in [-0.4, -0.2) is 31.2 Å². The van der Waals surface area contributed by atoms with Gasteiger partial charge in [-0.05, 0) is 24.6 Å². The van der Waals surface area contributed by atoms with Crippen molar-refractivity contribution >= 4 is 17.6 Å². The molecule has 0 radical (unpaired) electrons. The molecule has 1 aromatic rings. The van der Waals surface area contributed by atoms with Crippen LogP contribution in [0.1, 0.15) is 5.56 Å². The Bertz CT molecular complexity index is 515. The van der Waals surface area contributed by atoms with Crippen molar-refractivity contribution in [2.75, 3.05) is 18.1 Å². The molecule has 2 aliphatic heterocycles. The molecule has 2 saturated heterocycles. The molecule has 2 fully saturated rings. The first-order valence-electron chi connectivity index (χ1n) is 5.95. The molecule has 2 aliphatic rings. The van der Waals surface area contributed by atoms with Gasteiger partial charge in [0.15, 0.2) is 0 Å². The van der Waals surface area contributed by atoms with Crippen molar-refractivity contribution in [1.29, 1.82) is 0 Å². The maximum atomic E-state index is 12.3. The number of rotatable bonds is 1. The number of amides is 3. The van der Waals surface area contributed by atoms with E-state index >= 15 is 0 Å². The lowest BCUT2D eigenvalue weighted by Gasteiger charge is -2.32. The summed E-state index contributed by atoms with van der Waals surface area (Å²) in [6, 6.07) is 6.82. The van der Waals surface area contributed by atoms with Crippen LogP contribution in [0.3, 0.4) is 0 Å². The molecule has 1 aromatic carbocycles. The van der Waals surface area contributed by atoms with Gasteiger partial charge in [-0.3, -0.25) is 4.79 Å². The van der Waals surface area contributed by atoms with Gasteiger partial charge in [-0.1, -0.05) is 12.1 Å². The second-order valence-electron chi connectivity index (χ2n) is 4.71. The first-order valence-corrected chi connectivity index (χ1v) is 5.95. The number of ether oxygens (including phenoxy) is 1. The number of aryl methyl sites for hydroxylation is 1. The summed E-state index contributed by atoms with van der Waals surface area (Å²) in [7, 11) is 0. The second-order valence-corrected chi connectivity index (χ2v) is 4.71. The Morgan fingerprint density at radius 2 is 2.17 bits per heavy atom. The number of anilines is 1. The number of imide groups is 1. The molecule has 1 N–H and O–H groups in total. The summed E-state index contributed by atoms with van der Waals surface area (Å²) in [4.78, 5) is 25.5. The predicted molar refractivity (Wildman–Crippen MR) is 65.3 cm³/mol. The summed E-state index contributed by atoms with van der Waals surface area (Å²) in [5, 5.41) is 2.82. The van der Waals surface area contributed by atoms with Gasteiger partial charge in [0, 0.05) is 0 Å². The number of nitrogens with one attached hydrogen (secondary N) is 1. The van der Waals surface area contributed by atoms with Crippen LogP contribution in [0, 0.1) is 12.8 Å². The van der Waals surface area contributed by atoms with Crippen molar-refractivity contribution in [3.63, 3.8) is 0 Å². The van der Waals surface area contributed by atoms with Crippen molar-refractivity contribution < 1.29 is 14.3 Å². The predicted octanol–water partition coefficient (Wildman–Crippen LogP) is 1.07. The number of carbonyl (C=O) groups excluding carboxylic acids is 2. The highest BCUT2D eigenvalue weighted by Gasteiger charge is 2.44. The first kappa shape index (κ1) is 11.2. The third-order valence-corrected chi connectivity index (χ3v) is 3.39. The second kappa shape index (κ2) is 4.10. The number of hydrogen-bond acceptors (Lipinski definition) is 3. The van der Waals surface area contributed by atoms with Crippen molar-refractivity contribution in [3.8, 4) is 0 Å². The lowest BCUT2D eigenvalue weighted by Crippen LogP contribution is -2.60. The zero-order valence-electron chi connectivity index (χ0n) is 10.1. The Labute approximate surface area is 105 Å². The van der Waals surface area contributed by atoms with E-state index < -0.39 is 0 Å². The van der Waals surface area contributed by atoms with E-state index in [0.717, 1.165) is 5.56 Å². The quantitative estimate of drug-likeness (QED) is 0.806. The van der Waals surface area contributed by atoms with Crippen LogP contribution in [0.15, 0.2) is 24.3 Å². The summed E-state index contributed by atoms with van der Waals surface area (Å²) in [6.45, 7) is 2.73. The Morgan fingerprint density at radius 1 is 1.33 bits per heavy atom. The van der Waals surface area contributed by atoms with E-state index in [1.54, 1.807) is 6.07 Å². The fraction of sp³-hybridized carbons (Fsp3) is 0.385. The molecular formula is C13H14N2O3. The van der Waals surface area contributed by atoms with Gasteiger partial charge in [-0.15, -0.1) is 0 Å². The molecule has 0 aliphatic carbocycles. The highest BCUT2D eigenvalue weighted by Crippen LogP contribution is 2.26. The third-order valence-electron chi connectivity index (χ3n) is 3.39. The van der Waals surface area contributed by atoms with E-state index in [-0.39, 0.29) is 23.9 Å². The molecule has 94 valence electrons. The molecule has 2 heterocycles. The van der Waals surface area contributed by atoms with Crippen LogP contribution in [0.5, 0.6) is 0 Å². The van der Waals surface area contributed by atoms with Gasteiger partial charge >= 0.3 is 6.03 Å². The standard InChI is InChI=1S/C13H14N2O3/c1-8-3-2-4-9(5-8)15-12(16)10-6-18-7-11(10)14-13(15)17/h2-5,10-11H,6-7H2,1H3,(H,14,17). The smallest absolute Gasteiger partial charge is 0.329 e. The maximum Gasteiger partial charge on any atom is 0.329 e. The number of fused-ring (bicyclic) bond motifs is 1. The fourth-order valence-electron chi connectivity index (χ4n) is 2.44. The van der Waals surface area contributed by atoms with Gasteiger partial charge in [0.1, 0.15) is 0 Å². The molecule has 2 unspecified atom stereocenters. The van der Waals surface area contributed by atoms with Crippen molar-refractivity contribution in [3.05, 3.63) is 29.8 Å². The lowest BCUT2D eigenvalue weighted by atomic mass is 9.99. The Morgan fingerprint density at radius 3 is 2.94 bits per heavy atom. The number of carbonyl (C=O) groups is 2. The third kappa shape index (κ3) is 1.67. The van der Waals surface area contributed by atoms with Gasteiger partial charge < -0.3 is 10.1 Å². The Balaban J connectivity index is 1.96. The first-order chi connectivity index (χ1) is 8.66. The summed E-state index contributed by atoms with van der Waals surface area (Å²) in [6.07, 6.45) is 0. The molecule has 18 heavy (non-hydrogen) atoms. The number of nitrogens with zero attached hydrogens (tertiary/aromatic N) is 1. The maximum absolute atomic E-state index is 12.3. The average Bonchev–Trinajstić information content (AvgIpc) is 2.77. The van der Waals surface area contributed by atoms with Crippen LogP contribution in [0.25, 0.3) is 0 Å². The molecule has 2 atom stereocenters. The summed E-state index contributed by atoms with van der Waals surface area (Å²) >= 11 is 0. The number of urea groups is 1. The average molecular weight is 246 g/mol. The Hall–Kier alpha value is -1.88. The largest absolute Gasteiger partial charge is 0.378 e. The lowest BCUT2D eigenvalue weighted by molar-refractivity contribution is -0.122. The highest BCUT2D eigenvalue weighted by molar-refractivity contribution is 6.17. The molecule has 5 nitrogen and oxygen atoms in total. The van der Waals surface area contributed by atoms with E-state index in [4.69, 9.17) is 4.74 Å². The van der Waals surface area contributed by atoms with Crippen LogP contribution in [0.2, 0.25) is 0 Å². The van der Waals surface area contributed by atoms with Crippen molar-refractivity contribution in [2.24, 2.45) is 5.92 Å².